The molecule has 0 spiro atoms. The molecule has 0 heterocycles. The summed E-state index contributed by atoms with van der Waals surface area (Å²) in [6.45, 7) is 0.414. The number of benzene rings is 1. The van der Waals surface area contributed by atoms with E-state index in [1.54, 1.807) is 24.3 Å². The lowest BCUT2D eigenvalue weighted by molar-refractivity contribution is 0.373. The van der Waals surface area contributed by atoms with E-state index in [1.807, 2.05) is 6.08 Å². The van der Waals surface area contributed by atoms with Crippen molar-refractivity contribution < 1.29 is 9.84 Å². The lowest BCUT2D eigenvalue weighted by Crippen LogP contribution is -1.85. The third-order valence-corrected chi connectivity index (χ3v) is 2.01. The van der Waals surface area contributed by atoms with Gasteiger partial charge in [-0.05, 0) is 18.0 Å². The molecule has 0 aliphatic carbocycles. The zero-order valence-electron chi connectivity index (χ0n) is 9.00. The van der Waals surface area contributed by atoms with Gasteiger partial charge in [-0.1, -0.05) is 29.4 Å². The van der Waals surface area contributed by atoms with Crippen molar-refractivity contribution in [3.05, 3.63) is 40.3 Å². The second-order valence-electron chi connectivity index (χ2n) is 3.04. The number of phenolic OH excluding ortho intramolecular Hbond substituents is 1. The first kappa shape index (κ1) is 11.9. The maximum Gasteiger partial charge on any atom is 0.165 e. The molecule has 0 radical (unpaired) electrons. The van der Waals surface area contributed by atoms with Gasteiger partial charge in [-0.15, -0.1) is 0 Å². The molecule has 0 bridgehead atoms. The number of methoxy groups -OCH3 is 1. The Balaban J connectivity index is 2.69. The fourth-order valence-electron chi connectivity index (χ4n) is 1.23. The summed E-state index contributed by atoms with van der Waals surface area (Å²) in [4.78, 5) is 2.65. The van der Waals surface area contributed by atoms with Crippen LogP contribution in [-0.4, -0.2) is 18.8 Å². The molecule has 84 valence electrons. The molecule has 0 aliphatic rings. The summed E-state index contributed by atoms with van der Waals surface area (Å²) in [6.07, 6.45) is 4.24. The molecular formula is C11H13N3O2. The van der Waals surface area contributed by atoms with Gasteiger partial charge in [0.15, 0.2) is 11.5 Å². The Morgan fingerprint density at radius 2 is 2.38 bits per heavy atom. The molecule has 0 amide bonds. The molecule has 16 heavy (non-hydrogen) atoms. The van der Waals surface area contributed by atoms with E-state index in [1.165, 1.54) is 7.11 Å². The molecule has 0 saturated carbocycles. The number of phenols is 1. The van der Waals surface area contributed by atoms with Crippen LogP contribution in [-0.2, 0) is 0 Å². The van der Waals surface area contributed by atoms with Gasteiger partial charge in [0.05, 0.1) is 7.11 Å². The summed E-state index contributed by atoms with van der Waals surface area (Å²) in [7, 11) is 1.50. The zero-order valence-corrected chi connectivity index (χ0v) is 9.00. The monoisotopic (exact) mass is 219 g/mol. The Morgan fingerprint density at radius 1 is 1.56 bits per heavy atom. The highest BCUT2D eigenvalue weighted by atomic mass is 16.5. The molecule has 5 nitrogen and oxygen atoms in total. The maximum absolute atomic E-state index is 9.73. The van der Waals surface area contributed by atoms with Crippen LogP contribution in [0.2, 0.25) is 0 Å². The van der Waals surface area contributed by atoms with E-state index < -0.39 is 0 Å². The second-order valence-corrected chi connectivity index (χ2v) is 3.04. The van der Waals surface area contributed by atoms with Gasteiger partial charge in [0.2, 0.25) is 0 Å². The number of azide groups is 1. The quantitative estimate of drug-likeness (QED) is 0.357. The van der Waals surface area contributed by atoms with Gasteiger partial charge in [-0.2, -0.15) is 0 Å². The van der Waals surface area contributed by atoms with E-state index in [-0.39, 0.29) is 5.75 Å². The van der Waals surface area contributed by atoms with Crippen molar-refractivity contribution in [3.63, 3.8) is 0 Å². The minimum absolute atomic E-state index is 0.116. The Hall–Kier alpha value is -2.13. The number of para-hydroxylation sites is 1. The van der Waals surface area contributed by atoms with Crippen LogP contribution in [0.5, 0.6) is 11.5 Å². The van der Waals surface area contributed by atoms with Crippen LogP contribution in [0.25, 0.3) is 16.5 Å². The third-order valence-electron chi connectivity index (χ3n) is 2.01. The van der Waals surface area contributed by atoms with Gasteiger partial charge in [-0.3, -0.25) is 0 Å². The highest BCUT2D eigenvalue weighted by Crippen LogP contribution is 2.30. The molecule has 1 aromatic rings. The predicted molar refractivity (Wildman–Crippen MR) is 62.3 cm³/mol. The van der Waals surface area contributed by atoms with Gasteiger partial charge in [0, 0.05) is 17.0 Å². The predicted octanol–water partition coefficient (Wildman–Crippen LogP) is 3.11. The van der Waals surface area contributed by atoms with E-state index in [0.29, 0.717) is 24.3 Å². The lowest BCUT2D eigenvalue weighted by Gasteiger charge is -2.04. The zero-order chi connectivity index (χ0) is 11.8. The topological polar surface area (TPSA) is 78.2 Å². The normalized spacial score (nSPS) is 10.1. The van der Waals surface area contributed by atoms with Crippen LogP contribution in [0.15, 0.2) is 29.4 Å². The van der Waals surface area contributed by atoms with Gasteiger partial charge in [0.1, 0.15) is 0 Å². The number of aromatic hydroxyl groups is 1. The Labute approximate surface area is 93.6 Å². The van der Waals surface area contributed by atoms with Crippen molar-refractivity contribution in [2.45, 2.75) is 6.42 Å². The highest BCUT2D eigenvalue weighted by molar-refractivity contribution is 5.61. The molecule has 0 aliphatic heterocycles. The van der Waals surface area contributed by atoms with Crippen LogP contribution < -0.4 is 4.74 Å². The lowest BCUT2D eigenvalue weighted by atomic mass is 10.1. The van der Waals surface area contributed by atoms with Crippen molar-refractivity contribution >= 4 is 6.08 Å². The van der Waals surface area contributed by atoms with Crippen molar-refractivity contribution in [2.24, 2.45) is 5.11 Å². The maximum atomic E-state index is 9.73. The van der Waals surface area contributed by atoms with Crippen LogP contribution in [0.3, 0.4) is 0 Å². The summed E-state index contributed by atoms with van der Waals surface area (Å²) < 4.78 is 4.98. The second kappa shape index (κ2) is 6.37. The number of hydrogen-bond acceptors (Lipinski definition) is 3. The first-order valence-corrected chi connectivity index (χ1v) is 4.83. The average Bonchev–Trinajstić information content (AvgIpc) is 2.31. The summed E-state index contributed by atoms with van der Waals surface area (Å²) in [5.41, 5.74) is 8.75. The highest BCUT2D eigenvalue weighted by Gasteiger charge is 2.03. The number of nitrogens with zero attached hydrogens (tertiary/aromatic N) is 3. The van der Waals surface area contributed by atoms with E-state index in [4.69, 9.17) is 10.3 Å². The number of hydrogen-bond donors (Lipinski definition) is 1. The first-order valence-electron chi connectivity index (χ1n) is 4.83. The summed E-state index contributed by atoms with van der Waals surface area (Å²) in [5, 5.41) is 13.1. The SMILES string of the molecule is COc1cccc(C=CCCN=[N+]=[N-])c1O. The van der Waals surface area contributed by atoms with Crippen LogP contribution in [0, 0.1) is 0 Å². The Bertz CT molecular complexity index is 423. The Kier molecular flexibility index (Phi) is 4.76. The molecule has 1 N–H and O–H groups in total. The number of ether oxygens (including phenoxy) is 1. The van der Waals surface area contributed by atoms with Crippen LogP contribution >= 0.6 is 0 Å². The van der Waals surface area contributed by atoms with Crippen molar-refractivity contribution in [1.82, 2.24) is 0 Å². The fraction of sp³-hybridized carbons (Fsp3) is 0.273. The first-order chi connectivity index (χ1) is 7.79. The van der Waals surface area contributed by atoms with E-state index in [9.17, 15) is 5.11 Å². The molecule has 1 rings (SSSR count). The van der Waals surface area contributed by atoms with Gasteiger partial charge in [0.25, 0.3) is 0 Å². The smallest absolute Gasteiger partial charge is 0.165 e. The van der Waals surface area contributed by atoms with Crippen LogP contribution in [0.1, 0.15) is 12.0 Å². The molecule has 0 saturated heterocycles. The van der Waals surface area contributed by atoms with E-state index in [2.05, 4.69) is 10.0 Å². The van der Waals surface area contributed by atoms with E-state index >= 15 is 0 Å². The largest absolute Gasteiger partial charge is 0.504 e. The molecule has 0 fully saturated rings. The Morgan fingerprint density at radius 3 is 3.06 bits per heavy atom. The molecule has 0 atom stereocenters. The molecular weight excluding hydrogens is 206 g/mol. The van der Waals surface area contributed by atoms with Crippen molar-refractivity contribution in [3.8, 4) is 11.5 Å². The minimum atomic E-state index is 0.116. The third kappa shape index (κ3) is 3.22. The molecule has 1 aromatic carbocycles. The standard InChI is InChI=1S/C11H13N3O2/c1-16-10-7-4-6-9(11(10)15)5-2-3-8-13-14-12/h2,4-7,15H,3,8H2,1H3. The van der Waals surface area contributed by atoms with E-state index in [0.717, 1.165) is 0 Å². The van der Waals surface area contributed by atoms with Crippen molar-refractivity contribution in [1.29, 1.82) is 0 Å². The van der Waals surface area contributed by atoms with Crippen LogP contribution in [0.4, 0.5) is 0 Å². The number of rotatable bonds is 5. The minimum Gasteiger partial charge on any atom is -0.504 e. The summed E-state index contributed by atoms with van der Waals surface area (Å²) in [6, 6.07) is 5.26. The van der Waals surface area contributed by atoms with Crippen molar-refractivity contribution in [2.75, 3.05) is 13.7 Å². The molecule has 5 heteroatoms. The summed E-state index contributed by atoms with van der Waals surface area (Å²) in [5.74, 6) is 0.558. The van der Waals surface area contributed by atoms with Gasteiger partial charge >= 0.3 is 0 Å². The molecule has 0 aromatic heterocycles. The van der Waals surface area contributed by atoms with Gasteiger partial charge in [-0.25, -0.2) is 0 Å². The van der Waals surface area contributed by atoms with Gasteiger partial charge < -0.3 is 9.84 Å². The fourth-order valence-corrected chi connectivity index (χ4v) is 1.23. The average molecular weight is 219 g/mol. The molecule has 0 unspecified atom stereocenters. The summed E-state index contributed by atoms with van der Waals surface area (Å²) >= 11 is 0.